The molecule has 0 spiro atoms. The van der Waals surface area contributed by atoms with Gasteiger partial charge in [-0.15, -0.1) is 0 Å². The minimum absolute atomic E-state index is 0.113. The number of hydrogen-bond donors (Lipinski definition) is 0. The summed E-state index contributed by atoms with van der Waals surface area (Å²) in [5, 5.41) is 0. The van der Waals surface area contributed by atoms with Crippen LogP contribution in [-0.2, 0) is 5.66 Å². The van der Waals surface area contributed by atoms with Crippen molar-refractivity contribution in [2.24, 2.45) is 0 Å². The molecule has 0 fully saturated rings. The quantitative estimate of drug-likeness (QED) is 0.514. The molecule has 0 N–H and O–H groups in total. The normalized spacial score (nSPS) is 11.2. The molecule has 1 rings (SSSR count). The SMILES string of the molecule is O=Cc1ccc(C(F)(F)P)cc1. The number of aldehydes is 1. The second-order valence-electron chi connectivity index (χ2n) is 2.36. The van der Waals surface area contributed by atoms with Gasteiger partial charge in [-0.2, -0.15) is 8.78 Å². The van der Waals surface area contributed by atoms with Gasteiger partial charge in [0.15, 0.2) is 0 Å². The average Bonchev–Trinajstić information content (AvgIpc) is 2.03. The minimum Gasteiger partial charge on any atom is -0.298 e. The molecule has 0 radical (unpaired) electrons. The lowest BCUT2D eigenvalue weighted by molar-refractivity contribution is 0.103. The number of hydrogen-bond acceptors (Lipinski definition) is 1. The Labute approximate surface area is 71.0 Å². The van der Waals surface area contributed by atoms with Crippen LogP contribution >= 0.6 is 9.24 Å². The lowest BCUT2D eigenvalue weighted by Gasteiger charge is -2.09. The van der Waals surface area contributed by atoms with Crippen molar-refractivity contribution in [3.05, 3.63) is 35.4 Å². The maximum absolute atomic E-state index is 12.6. The van der Waals surface area contributed by atoms with Gasteiger partial charge < -0.3 is 0 Å². The second-order valence-corrected chi connectivity index (χ2v) is 3.09. The highest BCUT2D eigenvalue weighted by atomic mass is 31.0. The first-order valence-electron chi connectivity index (χ1n) is 3.26. The molecule has 1 unspecified atom stereocenters. The van der Waals surface area contributed by atoms with E-state index in [1.807, 2.05) is 0 Å². The molecule has 1 atom stereocenters. The first-order valence-corrected chi connectivity index (χ1v) is 3.84. The van der Waals surface area contributed by atoms with E-state index in [2.05, 4.69) is 0 Å². The standard InChI is InChI=1S/C8H7F2OP/c9-8(10,12)7-3-1-6(5-11)2-4-7/h1-5H,12H2. The molecule has 0 saturated heterocycles. The van der Waals surface area contributed by atoms with Gasteiger partial charge in [-0.3, -0.25) is 4.79 Å². The van der Waals surface area contributed by atoms with E-state index >= 15 is 0 Å². The Bertz CT molecular complexity index is 276. The van der Waals surface area contributed by atoms with Gasteiger partial charge in [0.2, 0.25) is 0 Å². The highest BCUT2D eigenvalue weighted by Gasteiger charge is 2.23. The predicted molar refractivity (Wildman–Crippen MR) is 45.4 cm³/mol. The first-order chi connectivity index (χ1) is 5.54. The fraction of sp³-hybridized carbons (Fsp3) is 0.125. The molecule has 0 amide bonds. The van der Waals surface area contributed by atoms with Crippen LogP contribution in [0.4, 0.5) is 8.78 Å². The molecule has 12 heavy (non-hydrogen) atoms. The van der Waals surface area contributed by atoms with E-state index in [1.165, 1.54) is 33.5 Å². The largest absolute Gasteiger partial charge is 0.298 e. The number of benzene rings is 1. The summed E-state index contributed by atoms with van der Waals surface area (Å²) in [5.74, 6) is 0. The molecule has 0 bridgehead atoms. The molecule has 0 saturated carbocycles. The minimum atomic E-state index is -2.92. The predicted octanol–water partition coefficient (Wildman–Crippen LogP) is 2.42. The topological polar surface area (TPSA) is 17.1 Å². The average molecular weight is 188 g/mol. The van der Waals surface area contributed by atoms with Gasteiger partial charge in [0.05, 0.1) is 0 Å². The van der Waals surface area contributed by atoms with Crippen LogP contribution in [0.3, 0.4) is 0 Å². The summed E-state index contributed by atoms with van der Waals surface area (Å²) >= 11 is 0. The fourth-order valence-electron chi connectivity index (χ4n) is 0.784. The Morgan fingerprint density at radius 2 is 1.75 bits per heavy atom. The third kappa shape index (κ3) is 2.08. The van der Waals surface area contributed by atoms with Crippen molar-refractivity contribution in [1.82, 2.24) is 0 Å². The van der Waals surface area contributed by atoms with E-state index in [9.17, 15) is 13.6 Å². The van der Waals surface area contributed by atoms with Crippen LogP contribution in [0, 0.1) is 0 Å². The van der Waals surface area contributed by atoms with Crippen LogP contribution in [0.1, 0.15) is 15.9 Å². The summed E-state index contributed by atoms with van der Waals surface area (Å²) in [6.45, 7) is 0. The monoisotopic (exact) mass is 188 g/mol. The summed E-state index contributed by atoms with van der Waals surface area (Å²) in [4.78, 5) is 10.2. The van der Waals surface area contributed by atoms with Crippen LogP contribution in [0.15, 0.2) is 24.3 Å². The third-order valence-electron chi connectivity index (χ3n) is 1.43. The van der Waals surface area contributed by atoms with E-state index in [0.29, 0.717) is 11.8 Å². The van der Waals surface area contributed by atoms with Crippen LogP contribution in [0.2, 0.25) is 0 Å². The number of rotatable bonds is 2. The maximum Gasteiger partial charge on any atom is 0.283 e. The molecular formula is C8H7F2OP. The lowest BCUT2D eigenvalue weighted by atomic mass is 10.1. The Balaban J connectivity index is 3.00. The molecule has 0 aliphatic heterocycles. The van der Waals surface area contributed by atoms with Gasteiger partial charge in [0.25, 0.3) is 5.66 Å². The molecular weight excluding hydrogens is 181 g/mol. The summed E-state index contributed by atoms with van der Waals surface area (Å²) in [7, 11) is 1.44. The zero-order valence-electron chi connectivity index (χ0n) is 6.13. The Hall–Kier alpha value is -0.820. The summed E-state index contributed by atoms with van der Waals surface area (Å²) < 4.78 is 25.1. The zero-order chi connectivity index (χ0) is 9.19. The zero-order valence-corrected chi connectivity index (χ0v) is 7.28. The molecule has 1 aromatic rings. The van der Waals surface area contributed by atoms with Gasteiger partial charge in [0.1, 0.15) is 6.29 Å². The number of carbonyl (C=O) groups excluding carboxylic acids is 1. The van der Waals surface area contributed by atoms with Gasteiger partial charge in [-0.25, -0.2) is 0 Å². The van der Waals surface area contributed by atoms with Gasteiger partial charge >= 0.3 is 0 Å². The molecule has 0 aliphatic rings. The van der Waals surface area contributed by atoms with Crippen molar-refractivity contribution in [3.63, 3.8) is 0 Å². The first kappa shape index (κ1) is 9.27. The van der Waals surface area contributed by atoms with Crippen LogP contribution in [0.25, 0.3) is 0 Å². The third-order valence-corrected chi connectivity index (χ3v) is 1.76. The molecule has 1 aromatic carbocycles. The Kier molecular flexibility index (Phi) is 2.53. The summed E-state index contributed by atoms with van der Waals surface area (Å²) in [6.07, 6.45) is 0.616. The second kappa shape index (κ2) is 3.28. The van der Waals surface area contributed by atoms with E-state index < -0.39 is 5.66 Å². The maximum atomic E-state index is 12.6. The van der Waals surface area contributed by atoms with Crippen molar-refractivity contribution in [1.29, 1.82) is 0 Å². The Morgan fingerprint density at radius 1 is 1.25 bits per heavy atom. The molecule has 0 heterocycles. The van der Waals surface area contributed by atoms with Crippen molar-refractivity contribution in [2.45, 2.75) is 5.66 Å². The number of halogens is 2. The molecule has 0 aromatic heterocycles. The van der Waals surface area contributed by atoms with Gasteiger partial charge in [-0.05, 0) is 0 Å². The number of alkyl halides is 2. The number of carbonyl (C=O) groups is 1. The van der Waals surface area contributed by atoms with Crippen LogP contribution < -0.4 is 0 Å². The van der Waals surface area contributed by atoms with Gasteiger partial charge in [-0.1, -0.05) is 33.5 Å². The van der Waals surface area contributed by atoms with Gasteiger partial charge in [0, 0.05) is 11.1 Å². The van der Waals surface area contributed by atoms with E-state index in [-0.39, 0.29) is 5.56 Å². The molecule has 1 nitrogen and oxygen atoms in total. The van der Waals surface area contributed by atoms with Crippen molar-refractivity contribution in [2.75, 3.05) is 0 Å². The highest BCUT2D eigenvalue weighted by Crippen LogP contribution is 2.34. The van der Waals surface area contributed by atoms with Crippen molar-refractivity contribution < 1.29 is 13.6 Å². The van der Waals surface area contributed by atoms with Crippen LogP contribution in [0.5, 0.6) is 0 Å². The molecule has 64 valence electrons. The molecule has 4 heteroatoms. The molecule has 0 aliphatic carbocycles. The van der Waals surface area contributed by atoms with Crippen molar-refractivity contribution in [3.8, 4) is 0 Å². The summed E-state index contributed by atoms with van der Waals surface area (Å²) in [5.41, 5.74) is -2.63. The van der Waals surface area contributed by atoms with E-state index in [4.69, 9.17) is 0 Å². The fourth-order valence-corrected chi connectivity index (χ4v) is 0.976. The lowest BCUT2D eigenvalue weighted by Crippen LogP contribution is -2.01. The Morgan fingerprint density at radius 3 is 2.08 bits per heavy atom. The smallest absolute Gasteiger partial charge is 0.283 e. The summed E-state index contributed by atoms with van der Waals surface area (Å²) in [6, 6.07) is 5.19. The van der Waals surface area contributed by atoms with Crippen molar-refractivity contribution >= 4 is 15.5 Å². The van der Waals surface area contributed by atoms with E-state index in [1.54, 1.807) is 0 Å². The van der Waals surface area contributed by atoms with E-state index in [0.717, 1.165) is 0 Å². The highest BCUT2D eigenvalue weighted by molar-refractivity contribution is 7.17. The van der Waals surface area contributed by atoms with Crippen LogP contribution in [-0.4, -0.2) is 6.29 Å².